The number of aliphatic hydroxyl groups is 1. The van der Waals surface area contributed by atoms with Gasteiger partial charge >= 0.3 is 0 Å². The van der Waals surface area contributed by atoms with Gasteiger partial charge in [0.1, 0.15) is 11.0 Å². The molecule has 208 valence electrons. The molecule has 10 heteroatoms. The van der Waals surface area contributed by atoms with Gasteiger partial charge in [-0.1, -0.05) is 19.1 Å². The molecule has 4 aromatic rings. The number of benzene rings is 1. The van der Waals surface area contributed by atoms with Crippen molar-refractivity contribution in [2.24, 2.45) is 11.7 Å². The van der Waals surface area contributed by atoms with Gasteiger partial charge in [-0.05, 0) is 80.5 Å². The molecule has 3 aromatic heterocycles. The summed E-state index contributed by atoms with van der Waals surface area (Å²) in [7, 11) is 0. The van der Waals surface area contributed by atoms with E-state index in [4.69, 9.17) is 15.7 Å². The van der Waals surface area contributed by atoms with Crippen LogP contribution in [-0.2, 0) is 18.6 Å². The molecule has 1 saturated heterocycles. The van der Waals surface area contributed by atoms with Crippen molar-refractivity contribution in [2.75, 3.05) is 29.9 Å². The first kappa shape index (κ1) is 26.2. The largest absolute Gasteiger partial charge is 0.384 e. The molecular weight excluding hydrogens is 504 g/mol. The lowest BCUT2D eigenvalue weighted by Gasteiger charge is -2.33. The third-order valence-corrected chi connectivity index (χ3v) is 8.43. The van der Waals surface area contributed by atoms with Crippen LogP contribution < -0.4 is 21.5 Å². The molecule has 1 aliphatic heterocycles. The number of piperidine rings is 1. The molecule has 6 rings (SSSR count). The summed E-state index contributed by atoms with van der Waals surface area (Å²) in [6.07, 6.45) is 7.45. The quantitative estimate of drug-likeness (QED) is 0.289. The Morgan fingerprint density at radius 3 is 2.65 bits per heavy atom. The average Bonchev–Trinajstić information content (AvgIpc) is 3.47. The molecule has 0 bridgehead atoms. The highest BCUT2D eigenvalue weighted by Gasteiger charge is 2.37. The fourth-order valence-electron chi connectivity index (χ4n) is 5.92. The van der Waals surface area contributed by atoms with E-state index in [2.05, 4.69) is 33.9 Å². The smallest absolute Gasteiger partial charge is 0.278 e. The summed E-state index contributed by atoms with van der Waals surface area (Å²) in [4.78, 5) is 29.8. The summed E-state index contributed by atoms with van der Waals surface area (Å²) in [5.74, 6) is 1.52. The minimum absolute atomic E-state index is 0.225. The van der Waals surface area contributed by atoms with Gasteiger partial charge in [-0.3, -0.25) is 4.79 Å². The minimum Gasteiger partial charge on any atom is -0.384 e. The van der Waals surface area contributed by atoms with E-state index < -0.39 is 5.60 Å². The zero-order valence-corrected chi connectivity index (χ0v) is 22.9. The highest BCUT2D eigenvalue weighted by molar-refractivity contribution is 5.77. The van der Waals surface area contributed by atoms with Gasteiger partial charge < -0.3 is 21.1 Å². The van der Waals surface area contributed by atoms with Crippen LogP contribution in [0.2, 0.25) is 0 Å². The number of pyridine rings is 1. The second-order valence-corrected chi connectivity index (χ2v) is 10.8. The van der Waals surface area contributed by atoms with Crippen molar-refractivity contribution >= 4 is 28.4 Å². The summed E-state index contributed by atoms with van der Waals surface area (Å²) in [5.41, 5.74) is 8.83. The molecule has 1 aromatic carbocycles. The lowest BCUT2D eigenvalue weighted by Crippen LogP contribution is -2.35. The average molecular weight is 541 g/mol. The van der Waals surface area contributed by atoms with Crippen molar-refractivity contribution in [2.45, 2.75) is 51.2 Å². The summed E-state index contributed by atoms with van der Waals surface area (Å²) in [6, 6.07) is 12.1. The van der Waals surface area contributed by atoms with Crippen molar-refractivity contribution in [3.63, 3.8) is 0 Å². The number of aryl methyl sites for hydroxylation is 1. The third-order valence-electron chi connectivity index (χ3n) is 8.43. The fourth-order valence-corrected chi connectivity index (χ4v) is 5.92. The molecule has 0 unspecified atom stereocenters. The highest BCUT2D eigenvalue weighted by atomic mass is 16.3. The number of hydrogen-bond donors (Lipinski definition) is 3. The number of fused-ring (bicyclic) bond motifs is 2. The molecule has 1 fully saturated rings. The number of allylic oxidation sites excluding steroid dienone is 1. The molecule has 0 saturated carbocycles. The van der Waals surface area contributed by atoms with Crippen LogP contribution in [-0.4, -0.2) is 49.1 Å². The number of hydrogen-bond acceptors (Lipinski definition) is 8. The van der Waals surface area contributed by atoms with E-state index in [0.717, 1.165) is 50.1 Å². The predicted molar refractivity (Wildman–Crippen MR) is 157 cm³/mol. The highest BCUT2D eigenvalue weighted by Crippen LogP contribution is 2.38. The number of rotatable bonds is 8. The van der Waals surface area contributed by atoms with E-state index in [1.807, 2.05) is 31.2 Å². The molecule has 0 radical (unpaired) electrons. The monoisotopic (exact) mass is 540 g/mol. The topological polar surface area (TPSA) is 127 Å². The molecule has 1 aliphatic carbocycles. The van der Waals surface area contributed by atoms with E-state index in [1.165, 1.54) is 5.69 Å². The second kappa shape index (κ2) is 10.5. The Morgan fingerprint density at radius 1 is 1.18 bits per heavy atom. The summed E-state index contributed by atoms with van der Waals surface area (Å²) in [6.45, 7) is 8.85. The third kappa shape index (κ3) is 4.56. The van der Waals surface area contributed by atoms with Gasteiger partial charge in [-0.2, -0.15) is 4.98 Å². The van der Waals surface area contributed by atoms with Crippen molar-refractivity contribution < 1.29 is 5.11 Å². The summed E-state index contributed by atoms with van der Waals surface area (Å²) < 4.78 is 3.25. The Labute approximate surface area is 233 Å². The molecule has 0 spiro atoms. The van der Waals surface area contributed by atoms with Gasteiger partial charge in [0.15, 0.2) is 11.5 Å². The molecule has 0 amide bonds. The first-order valence-corrected chi connectivity index (χ1v) is 14.1. The Balaban J connectivity index is 1.33. The van der Waals surface area contributed by atoms with Crippen LogP contribution in [0.3, 0.4) is 0 Å². The van der Waals surface area contributed by atoms with Gasteiger partial charge in [0.2, 0.25) is 5.95 Å². The first-order valence-electron chi connectivity index (χ1n) is 14.1. The van der Waals surface area contributed by atoms with Crippen LogP contribution in [0.1, 0.15) is 43.9 Å². The van der Waals surface area contributed by atoms with Crippen molar-refractivity contribution in [1.82, 2.24) is 24.3 Å². The van der Waals surface area contributed by atoms with Crippen LogP contribution in [0, 0.1) is 5.92 Å². The lowest BCUT2D eigenvalue weighted by atomic mass is 9.97. The molecule has 10 nitrogen and oxygen atoms in total. The molecular formula is C30H36N8O2. The first-order chi connectivity index (χ1) is 19.4. The molecule has 2 aliphatic rings. The number of nitrogens with zero attached hydrogens (tertiary/aromatic N) is 6. The van der Waals surface area contributed by atoms with Crippen LogP contribution in [0.15, 0.2) is 60.0 Å². The lowest BCUT2D eigenvalue weighted by molar-refractivity contribution is 0.0306. The number of nitrogens with two attached hydrogens (primary N) is 1. The Morgan fingerprint density at radius 2 is 1.95 bits per heavy atom. The Kier molecular flexibility index (Phi) is 6.89. The SMILES string of the molecule is C=CCn1c(=O)c2cnc(Nc3ccc(N4CCC(CN)CC4)cc3)nc2n1-c1ccc2c(n1)[C@@](O)(CC)CC2. The number of aromatic nitrogens is 5. The van der Waals surface area contributed by atoms with Crippen LogP contribution in [0.25, 0.3) is 16.9 Å². The van der Waals surface area contributed by atoms with E-state index in [9.17, 15) is 9.90 Å². The van der Waals surface area contributed by atoms with E-state index in [-0.39, 0.29) is 12.1 Å². The molecule has 4 heterocycles. The normalized spacial score (nSPS) is 19.2. The molecule has 40 heavy (non-hydrogen) atoms. The van der Waals surface area contributed by atoms with Crippen molar-refractivity contribution in [3.8, 4) is 5.82 Å². The maximum absolute atomic E-state index is 13.3. The second-order valence-electron chi connectivity index (χ2n) is 10.8. The van der Waals surface area contributed by atoms with Crippen molar-refractivity contribution in [3.05, 3.63) is 76.9 Å². The Hall–Kier alpha value is -4.02. The predicted octanol–water partition coefficient (Wildman–Crippen LogP) is 3.63. The summed E-state index contributed by atoms with van der Waals surface area (Å²) in [5, 5.41) is 14.8. The van der Waals surface area contributed by atoms with Gasteiger partial charge in [-0.15, -0.1) is 6.58 Å². The van der Waals surface area contributed by atoms with Gasteiger partial charge in [0.05, 0.1) is 12.2 Å². The van der Waals surface area contributed by atoms with Crippen molar-refractivity contribution in [1.29, 1.82) is 0 Å². The van der Waals surface area contributed by atoms with Gasteiger partial charge in [-0.25, -0.2) is 19.3 Å². The zero-order chi connectivity index (χ0) is 27.9. The van der Waals surface area contributed by atoms with E-state index >= 15 is 0 Å². The van der Waals surface area contributed by atoms with Crippen LogP contribution >= 0.6 is 0 Å². The molecule has 1 atom stereocenters. The fraction of sp³-hybridized carbons (Fsp3) is 0.400. The van der Waals surface area contributed by atoms with Crippen LogP contribution in [0.5, 0.6) is 0 Å². The van der Waals surface area contributed by atoms with Crippen LogP contribution in [0.4, 0.5) is 17.3 Å². The number of anilines is 3. The standard InChI is InChI=1S/C30H36N8O2/c1-3-15-37-28(39)24-19-32-29(33-22-6-8-23(9-7-22)36-16-12-20(18-31)13-17-36)35-27(24)38(37)25-10-5-21-11-14-30(40,4-2)26(21)34-25/h3,5-10,19-20,40H,1,4,11-18,31H2,2H3,(H,32,33,35)/t30-/m1/s1. The van der Waals surface area contributed by atoms with Gasteiger partial charge in [0.25, 0.3) is 5.56 Å². The Bertz CT molecular complexity index is 1600. The maximum Gasteiger partial charge on any atom is 0.278 e. The minimum atomic E-state index is -0.966. The summed E-state index contributed by atoms with van der Waals surface area (Å²) >= 11 is 0. The van der Waals surface area contributed by atoms with Gasteiger partial charge in [0, 0.05) is 30.7 Å². The van der Waals surface area contributed by atoms with E-state index in [0.29, 0.717) is 47.3 Å². The zero-order valence-electron chi connectivity index (χ0n) is 22.9. The van der Waals surface area contributed by atoms with E-state index in [1.54, 1.807) is 21.6 Å². The maximum atomic E-state index is 13.3. The molecule has 4 N–H and O–H groups in total. The number of nitrogens with one attached hydrogen (secondary N) is 1.